The molecule has 0 spiro atoms. The highest BCUT2D eigenvalue weighted by Crippen LogP contribution is 2.28. The molecule has 0 aliphatic carbocycles. The molecule has 4 rings (SSSR count). The number of halogens is 2. The number of aryl methyl sites for hydroxylation is 1. The molecule has 0 aliphatic heterocycles. The van der Waals surface area contributed by atoms with Crippen molar-refractivity contribution >= 4 is 40.1 Å². The lowest BCUT2D eigenvalue weighted by molar-refractivity contribution is -0.121. The van der Waals surface area contributed by atoms with Gasteiger partial charge in [0.15, 0.2) is 0 Å². The summed E-state index contributed by atoms with van der Waals surface area (Å²) < 4.78 is 2.07. The first kappa shape index (κ1) is 20.4. The maximum atomic E-state index is 12.4. The van der Waals surface area contributed by atoms with Crippen molar-refractivity contribution in [3.05, 3.63) is 94.0 Å². The third kappa shape index (κ3) is 4.64. The van der Waals surface area contributed by atoms with Crippen molar-refractivity contribution in [1.29, 1.82) is 0 Å². The highest BCUT2D eigenvalue weighted by molar-refractivity contribution is 6.36. The van der Waals surface area contributed by atoms with Crippen molar-refractivity contribution in [2.75, 3.05) is 0 Å². The topological polar surface area (TPSA) is 59.8 Å². The summed E-state index contributed by atoms with van der Waals surface area (Å²) in [7, 11) is 0. The van der Waals surface area contributed by atoms with Crippen LogP contribution in [-0.2, 0) is 24.3 Å². The number of amides is 1. The number of pyridine rings is 1. The van der Waals surface area contributed by atoms with Gasteiger partial charge in [-0.25, -0.2) is 4.98 Å². The van der Waals surface area contributed by atoms with Crippen LogP contribution in [-0.4, -0.2) is 20.4 Å². The van der Waals surface area contributed by atoms with E-state index >= 15 is 0 Å². The Kier molecular flexibility index (Phi) is 6.31. The highest BCUT2D eigenvalue weighted by atomic mass is 35.5. The summed E-state index contributed by atoms with van der Waals surface area (Å²) in [4.78, 5) is 21.2. The summed E-state index contributed by atoms with van der Waals surface area (Å²) in [6, 6.07) is 17.1. The molecule has 0 radical (unpaired) electrons. The zero-order valence-corrected chi connectivity index (χ0v) is 17.7. The highest BCUT2D eigenvalue weighted by Gasteiger charge is 2.15. The van der Waals surface area contributed by atoms with Crippen molar-refractivity contribution in [2.45, 2.75) is 25.9 Å². The van der Waals surface area contributed by atoms with Gasteiger partial charge >= 0.3 is 0 Å². The molecule has 2 aromatic heterocycles. The lowest BCUT2D eigenvalue weighted by atomic mass is 10.1. The average molecular weight is 439 g/mol. The largest absolute Gasteiger partial charge is 0.352 e. The fourth-order valence-corrected chi connectivity index (χ4v) is 3.91. The smallest absolute Gasteiger partial charge is 0.222 e. The number of nitrogens with one attached hydrogen (secondary N) is 1. The molecule has 152 valence electrons. The molecule has 7 heteroatoms. The van der Waals surface area contributed by atoms with Gasteiger partial charge in [0.25, 0.3) is 0 Å². The van der Waals surface area contributed by atoms with Gasteiger partial charge in [0.2, 0.25) is 5.91 Å². The monoisotopic (exact) mass is 438 g/mol. The summed E-state index contributed by atoms with van der Waals surface area (Å²) in [5.74, 6) is 0.796. The zero-order valence-electron chi connectivity index (χ0n) is 16.2. The first-order chi connectivity index (χ1) is 14.6. The van der Waals surface area contributed by atoms with Crippen molar-refractivity contribution in [3.63, 3.8) is 0 Å². The molecule has 30 heavy (non-hydrogen) atoms. The van der Waals surface area contributed by atoms with Gasteiger partial charge in [-0.1, -0.05) is 47.5 Å². The van der Waals surface area contributed by atoms with Crippen LogP contribution in [0.5, 0.6) is 0 Å². The van der Waals surface area contributed by atoms with E-state index in [0.29, 0.717) is 36.0 Å². The molecule has 1 amide bonds. The molecule has 5 nitrogen and oxygen atoms in total. The molecular weight excluding hydrogens is 419 g/mol. The predicted octanol–water partition coefficient (Wildman–Crippen LogP) is 5.04. The van der Waals surface area contributed by atoms with Gasteiger partial charge in [0.05, 0.1) is 11.0 Å². The minimum atomic E-state index is -0.0293. The van der Waals surface area contributed by atoms with E-state index in [9.17, 15) is 4.79 Å². The summed E-state index contributed by atoms with van der Waals surface area (Å²) in [6.07, 6.45) is 4.28. The lowest BCUT2D eigenvalue weighted by Crippen LogP contribution is -2.24. The molecule has 4 aromatic rings. The molecule has 0 saturated carbocycles. The number of fused-ring (bicyclic) bond motifs is 1. The second kappa shape index (κ2) is 9.28. The number of nitrogens with zero attached hydrogens (tertiary/aromatic N) is 3. The number of benzene rings is 2. The van der Waals surface area contributed by atoms with Gasteiger partial charge in [-0.05, 0) is 41.5 Å². The van der Waals surface area contributed by atoms with E-state index in [0.717, 1.165) is 28.0 Å². The van der Waals surface area contributed by atoms with Crippen LogP contribution in [0.2, 0.25) is 10.0 Å². The van der Waals surface area contributed by atoms with Crippen LogP contribution in [0, 0.1) is 0 Å². The Morgan fingerprint density at radius 2 is 1.80 bits per heavy atom. The molecule has 0 bridgehead atoms. The maximum Gasteiger partial charge on any atom is 0.222 e. The Balaban J connectivity index is 1.52. The first-order valence-corrected chi connectivity index (χ1v) is 10.4. The lowest BCUT2D eigenvalue weighted by Gasteiger charge is -2.11. The number of hydrogen-bond acceptors (Lipinski definition) is 3. The minimum absolute atomic E-state index is 0.0293. The molecule has 1 N–H and O–H groups in total. The number of hydrogen-bond donors (Lipinski definition) is 1. The van der Waals surface area contributed by atoms with Crippen molar-refractivity contribution in [1.82, 2.24) is 19.9 Å². The van der Waals surface area contributed by atoms with Crippen LogP contribution in [0.1, 0.15) is 23.4 Å². The maximum absolute atomic E-state index is 12.4. The standard InChI is InChI=1S/C23H20Cl2N4O/c24-18-6-3-7-19(25)17(18)13-22-28-20-8-1-2-9-21(20)29(22)12-10-23(30)27-15-16-5-4-11-26-14-16/h1-9,11,14H,10,12-13,15H2,(H,27,30). The van der Waals surface area contributed by atoms with Crippen LogP contribution < -0.4 is 5.32 Å². The fraction of sp³-hybridized carbons (Fsp3) is 0.174. The van der Waals surface area contributed by atoms with E-state index in [1.807, 2.05) is 54.6 Å². The van der Waals surface area contributed by atoms with E-state index in [1.54, 1.807) is 12.4 Å². The van der Waals surface area contributed by atoms with E-state index in [4.69, 9.17) is 28.2 Å². The summed E-state index contributed by atoms with van der Waals surface area (Å²) in [5.41, 5.74) is 3.66. The van der Waals surface area contributed by atoms with E-state index in [1.165, 1.54) is 0 Å². The fourth-order valence-electron chi connectivity index (χ4n) is 3.37. The Hall–Kier alpha value is -2.89. The summed E-state index contributed by atoms with van der Waals surface area (Å²) >= 11 is 12.7. The van der Waals surface area contributed by atoms with Crippen molar-refractivity contribution < 1.29 is 4.79 Å². The normalized spacial score (nSPS) is 11.0. The summed E-state index contributed by atoms with van der Waals surface area (Å²) in [6.45, 7) is 0.968. The molecule has 0 unspecified atom stereocenters. The Bertz CT molecular complexity index is 1150. The number of carbonyl (C=O) groups is 1. The predicted molar refractivity (Wildman–Crippen MR) is 120 cm³/mol. The third-order valence-electron chi connectivity index (χ3n) is 4.91. The molecule has 0 saturated heterocycles. The molecular formula is C23H20Cl2N4O. The minimum Gasteiger partial charge on any atom is -0.352 e. The molecule has 0 atom stereocenters. The number of imidazole rings is 1. The van der Waals surface area contributed by atoms with Gasteiger partial charge in [-0.15, -0.1) is 0 Å². The van der Waals surface area contributed by atoms with Crippen LogP contribution in [0.4, 0.5) is 0 Å². The van der Waals surface area contributed by atoms with Gasteiger partial charge in [0.1, 0.15) is 5.82 Å². The second-order valence-electron chi connectivity index (χ2n) is 6.93. The quantitative estimate of drug-likeness (QED) is 0.439. The molecule has 2 heterocycles. The number of para-hydroxylation sites is 2. The first-order valence-electron chi connectivity index (χ1n) is 9.64. The molecule has 2 aromatic carbocycles. The van der Waals surface area contributed by atoms with Crippen LogP contribution >= 0.6 is 23.2 Å². The zero-order chi connectivity index (χ0) is 20.9. The average Bonchev–Trinajstić information content (AvgIpc) is 3.11. The number of aromatic nitrogens is 3. The Labute approximate surface area is 184 Å². The third-order valence-corrected chi connectivity index (χ3v) is 5.61. The Morgan fingerprint density at radius 1 is 1.00 bits per heavy atom. The second-order valence-corrected chi connectivity index (χ2v) is 7.75. The molecule has 0 fully saturated rings. The van der Waals surface area contributed by atoms with Crippen molar-refractivity contribution in [2.24, 2.45) is 0 Å². The summed E-state index contributed by atoms with van der Waals surface area (Å²) in [5, 5.41) is 4.16. The van der Waals surface area contributed by atoms with Crippen LogP contribution in [0.15, 0.2) is 67.0 Å². The van der Waals surface area contributed by atoms with Crippen LogP contribution in [0.25, 0.3) is 11.0 Å². The van der Waals surface area contributed by atoms with E-state index in [2.05, 4.69) is 14.9 Å². The van der Waals surface area contributed by atoms with Gasteiger partial charge in [-0.3, -0.25) is 9.78 Å². The van der Waals surface area contributed by atoms with Crippen LogP contribution in [0.3, 0.4) is 0 Å². The van der Waals surface area contributed by atoms with Gasteiger partial charge < -0.3 is 9.88 Å². The number of carbonyl (C=O) groups excluding carboxylic acids is 1. The van der Waals surface area contributed by atoms with Gasteiger partial charge in [0, 0.05) is 48.4 Å². The Morgan fingerprint density at radius 3 is 2.57 bits per heavy atom. The number of rotatable bonds is 7. The van der Waals surface area contributed by atoms with Crippen molar-refractivity contribution in [3.8, 4) is 0 Å². The SMILES string of the molecule is O=C(CCn1c(Cc2c(Cl)cccc2Cl)nc2ccccc21)NCc1cccnc1. The van der Waals surface area contributed by atoms with E-state index in [-0.39, 0.29) is 5.91 Å². The molecule has 0 aliphatic rings. The van der Waals surface area contributed by atoms with E-state index < -0.39 is 0 Å². The van der Waals surface area contributed by atoms with Gasteiger partial charge in [-0.2, -0.15) is 0 Å².